The highest BCUT2D eigenvalue weighted by Crippen LogP contribution is 2.32. The Morgan fingerprint density at radius 3 is 2.89 bits per heavy atom. The summed E-state index contributed by atoms with van der Waals surface area (Å²) in [4.78, 5) is 16.7. The van der Waals surface area contributed by atoms with Gasteiger partial charge in [0.25, 0.3) is 5.91 Å². The zero-order valence-corrected chi connectivity index (χ0v) is 11.5. The standard InChI is InChI=1S/C14H18N4O/c1-8-6-9(2)18-13(16-8)12(7-15-18)14(19)17-10(3)11-4-5-11/h6-7,10-11H,4-5H2,1-3H3,(H,17,19)/t10-/m0/s1. The molecule has 1 saturated carbocycles. The van der Waals surface area contributed by atoms with E-state index in [1.54, 1.807) is 10.7 Å². The molecule has 2 heterocycles. The van der Waals surface area contributed by atoms with Gasteiger partial charge in [0.15, 0.2) is 5.65 Å². The third-order valence-corrected chi connectivity index (χ3v) is 3.71. The molecule has 1 amide bonds. The minimum atomic E-state index is -0.0769. The van der Waals surface area contributed by atoms with Crippen molar-refractivity contribution in [1.82, 2.24) is 19.9 Å². The molecule has 1 aliphatic carbocycles. The number of rotatable bonds is 3. The SMILES string of the molecule is Cc1cc(C)n2ncc(C(=O)N[C@@H](C)C3CC3)c2n1. The second kappa shape index (κ2) is 4.33. The van der Waals surface area contributed by atoms with Crippen LogP contribution in [0.2, 0.25) is 0 Å². The Labute approximate surface area is 112 Å². The summed E-state index contributed by atoms with van der Waals surface area (Å²) < 4.78 is 1.71. The van der Waals surface area contributed by atoms with Crippen molar-refractivity contribution in [3.63, 3.8) is 0 Å². The number of fused-ring (bicyclic) bond motifs is 1. The summed E-state index contributed by atoms with van der Waals surface area (Å²) in [6, 6.07) is 2.18. The number of nitrogens with zero attached hydrogens (tertiary/aromatic N) is 3. The van der Waals surface area contributed by atoms with E-state index >= 15 is 0 Å². The van der Waals surface area contributed by atoms with Gasteiger partial charge in [0, 0.05) is 17.4 Å². The topological polar surface area (TPSA) is 59.3 Å². The average molecular weight is 258 g/mol. The Balaban J connectivity index is 1.93. The number of aromatic nitrogens is 3. The van der Waals surface area contributed by atoms with Gasteiger partial charge >= 0.3 is 0 Å². The number of carbonyl (C=O) groups is 1. The van der Waals surface area contributed by atoms with Crippen LogP contribution in [0.4, 0.5) is 0 Å². The molecule has 0 aromatic carbocycles. The van der Waals surface area contributed by atoms with Crippen LogP contribution in [0.15, 0.2) is 12.3 Å². The lowest BCUT2D eigenvalue weighted by Gasteiger charge is -2.11. The van der Waals surface area contributed by atoms with E-state index in [-0.39, 0.29) is 11.9 Å². The Hall–Kier alpha value is -1.91. The van der Waals surface area contributed by atoms with E-state index in [0.717, 1.165) is 11.4 Å². The van der Waals surface area contributed by atoms with Gasteiger partial charge < -0.3 is 5.32 Å². The summed E-state index contributed by atoms with van der Waals surface area (Å²) in [6.45, 7) is 5.95. The van der Waals surface area contributed by atoms with E-state index in [4.69, 9.17) is 0 Å². The van der Waals surface area contributed by atoms with Gasteiger partial charge in [-0.2, -0.15) is 5.10 Å². The monoisotopic (exact) mass is 258 g/mol. The molecule has 1 fully saturated rings. The maximum atomic E-state index is 12.3. The maximum absolute atomic E-state index is 12.3. The van der Waals surface area contributed by atoms with E-state index in [1.165, 1.54) is 12.8 Å². The highest BCUT2D eigenvalue weighted by atomic mass is 16.1. The van der Waals surface area contributed by atoms with Gasteiger partial charge in [0.05, 0.1) is 6.20 Å². The van der Waals surface area contributed by atoms with Crippen molar-refractivity contribution in [2.45, 2.75) is 39.7 Å². The highest BCUT2D eigenvalue weighted by molar-refractivity contribution is 5.99. The first kappa shape index (κ1) is 12.1. The molecule has 2 aromatic rings. The first-order valence-electron chi connectivity index (χ1n) is 6.69. The van der Waals surface area contributed by atoms with Crippen molar-refractivity contribution < 1.29 is 4.79 Å². The third kappa shape index (κ3) is 2.20. The van der Waals surface area contributed by atoms with Gasteiger partial charge in [-0.15, -0.1) is 0 Å². The van der Waals surface area contributed by atoms with Crippen LogP contribution in [0.3, 0.4) is 0 Å². The summed E-state index contributed by atoms with van der Waals surface area (Å²) in [5.74, 6) is 0.564. The number of hydrogen-bond donors (Lipinski definition) is 1. The predicted molar refractivity (Wildman–Crippen MR) is 72.1 cm³/mol. The average Bonchev–Trinajstić information content (AvgIpc) is 3.09. The Morgan fingerprint density at radius 1 is 1.47 bits per heavy atom. The number of nitrogens with one attached hydrogen (secondary N) is 1. The molecule has 5 heteroatoms. The van der Waals surface area contributed by atoms with Crippen molar-refractivity contribution in [3.05, 3.63) is 29.2 Å². The van der Waals surface area contributed by atoms with Crippen LogP contribution >= 0.6 is 0 Å². The fourth-order valence-corrected chi connectivity index (χ4v) is 2.43. The molecule has 0 spiro atoms. The molecular weight excluding hydrogens is 240 g/mol. The van der Waals surface area contributed by atoms with Gasteiger partial charge in [-0.25, -0.2) is 9.50 Å². The zero-order chi connectivity index (χ0) is 13.6. The van der Waals surface area contributed by atoms with Crippen LogP contribution in [0, 0.1) is 19.8 Å². The summed E-state index contributed by atoms with van der Waals surface area (Å²) in [7, 11) is 0. The molecule has 1 N–H and O–H groups in total. The van der Waals surface area contributed by atoms with E-state index in [0.29, 0.717) is 17.1 Å². The fraction of sp³-hybridized carbons (Fsp3) is 0.500. The van der Waals surface area contributed by atoms with E-state index < -0.39 is 0 Å². The van der Waals surface area contributed by atoms with Crippen LogP contribution < -0.4 is 5.32 Å². The number of amides is 1. The smallest absolute Gasteiger partial charge is 0.256 e. The minimum absolute atomic E-state index is 0.0769. The van der Waals surface area contributed by atoms with Gasteiger partial charge in [-0.3, -0.25) is 4.79 Å². The van der Waals surface area contributed by atoms with Crippen molar-refractivity contribution in [2.75, 3.05) is 0 Å². The Kier molecular flexibility index (Phi) is 2.77. The second-order valence-electron chi connectivity index (χ2n) is 5.43. The molecule has 100 valence electrons. The molecule has 5 nitrogen and oxygen atoms in total. The first-order valence-corrected chi connectivity index (χ1v) is 6.69. The Bertz CT molecular complexity index is 642. The van der Waals surface area contributed by atoms with Crippen LogP contribution in [0.1, 0.15) is 41.5 Å². The normalized spacial score (nSPS) is 16.6. The molecule has 0 aliphatic heterocycles. The Morgan fingerprint density at radius 2 is 2.21 bits per heavy atom. The second-order valence-corrected chi connectivity index (χ2v) is 5.43. The quantitative estimate of drug-likeness (QED) is 0.914. The van der Waals surface area contributed by atoms with Crippen molar-refractivity contribution in [3.8, 4) is 0 Å². The van der Waals surface area contributed by atoms with Crippen LogP contribution in [0.5, 0.6) is 0 Å². The molecule has 1 aliphatic rings. The van der Waals surface area contributed by atoms with Crippen LogP contribution in [0.25, 0.3) is 5.65 Å². The largest absolute Gasteiger partial charge is 0.349 e. The molecule has 0 unspecified atom stereocenters. The minimum Gasteiger partial charge on any atom is -0.349 e. The van der Waals surface area contributed by atoms with Gasteiger partial charge in [0.2, 0.25) is 0 Å². The molecule has 1 atom stereocenters. The maximum Gasteiger partial charge on any atom is 0.256 e. The van der Waals surface area contributed by atoms with Crippen molar-refractivity contribution >= 4 is 11.6 Å². The van der Waals surface area contributed by atoms with Gasteiger partial charge in [-0.1, -0.05) is 0 Å². The van der Waals surface area contributed by atoms with E-state index in [9.17, 15) is 4.79 Å². The molecular formula is C14H18N4O. The number of hydrogen-bond acceptors (Lipinski definition) is 3. The summed E-state index contributed by atoms with van der Waals surface area (Å²) in [5.41, 5.74) is 3.07. The molecule has 2 aromatic heterocycles. The first-order chi connectivity index (χ1) is 9.06. The van der Waals surface area contributed by atoms with Crippen molar-refractivity contribution in [2.24, 2.45) is 5.92 Å². The third-order valence-electron chi connectivity index (χ3n) is 3.71. The fourth-order valence-electron chi connectivity index (χ4n) is 2.43. The lowest BCUT2D eigenvalue weighted by Crippen LogP contribution is -2.34. The van der Waals surface area contributed by atoms with Crippen molar-refractivity contribution in [1.29, 1.82) is 0 Å². The summed E-state index contributed by atoms with van der Waals surface area (Å²) >= 11 is 0. The lowest BCUT2D eigenvalue weighted by molar-refractivity contribution is 0.0937. The molecule has 0 bridgehead atoms. The zero-order valence-electron chi connectivity index (χ0n) is 11.5. The van der Waals surface area contributed by atoms with E-state index in [2.05, 4.69) is 22.3 Å². The molecule has 19 heavy (non-hydrogen) atoms. The highest BCUT2D eigenvalue weighted by Gasteiger charge is 2.29. The van der Waals surface area contributed by atoms with Crippen LogP contribution in [-0.4, -0.2) is 26.5 Å². The lowest BCUT2D eigenvalue weighted by atomic mass is 10.2. The van der Waals surface area contributed by atoms with Gasteiger partial charge in [0.1, 0.15) is 5.56 Å². The predicted octanol–water partition coefficient (Wildman–Crippen LogP) is 1.87. The molecule has 0 radical (unpaired) electrons. The van der Waals surface area contributed by atoms with E-state index in [1.807, 2.05) is 19.9 Å². The summed E-state index contributed by atoms with van der Waals surface area (Å²) in [6.07, 6.45) is 4.03. The molecule has 0 saturated heterocycles. The van der Waals surface area contributed by atoms with Gasteiger partial charge in [-0.05, 0) is 45.6 Å². The number of carbonyl (C=O) groups excluding carboxylic acids is 1. The van der Waals surface area contributed by atoms with Crippen LogP contribution in [-0.2, 0) is 0 Å². The molecule has 3 rings (SSSR count). The summed E-state index contributed by atoms with van der Waals surface area (Å²) in [5, 5.41) is 7.28. The number of aryl methyl sites for hydroxylation is 2.